The van der Waals surface area contributed by atoms with E-state index >= 15 is 0 Å². The minimum Gasteiger partial charge on any atom is -0.497 e. The number of ether oxygens (including phenoxy) is 2. The van der Waals surface area contributed by atoms with Gasteiger partial charge >= 0.3 is 0 Å². The van der Waals surface area contributed by atoms with Crippen LogP contribution in [0.4, 0.5) is 5.69 Å². The van der Waals surface area contributed by atoms with Crippen LogP contribution < -0.4 is 14.4 Å². The molecule has 1 saturated heterocycles. The van der Waals surface area contributed by atoms with Crippen molar-refractivity contribution in [2.45, 2.75) is 13.0 Å². The van der Waals surface area contributed by atoms with Crippen molar-refractivity contribution in [1.29, 1.82) is 0 Å². The number of anilines is 1. The number of carbonyl (C=O) groups excluding carboxylic acids is 1. The summed E-state index contributed by atoms with van der Waals surface area (Å²) in [7, 11) is 1.66. The quantitative estimate of drug-likeness (QED) is 0.839. The summed E-state index contributed by atoms with van der Waals surface area (Å²) in [5.41, 5.74) is 1.15. The lowest BCUT2D eigenvalue weighted by Gasteiger charge is -2.37. The van der Waals surface area contributed by atoms with Crippen LogP contribution in [0.25, 0.3) is 0 Å². The van der Waals surface area contributed by atoms with E-state index in [-0.39, 0.29) is 5.91 Å². The average Bonchev–Trinajstić information content (AvgIpc) is 2.68. The van der Waals surface area contributed by atoms with Gasteiger partial charge in [-0.05, 0) is 43.3 Å². The third-order valence-corrected chi connectivity index (χ3v) is 4.43. The van der Waals surface area contributed by atoms with E-state index in [1.54, 1.807) is 7.11 Å². The van der Waals surface area contributed by atoms with Crippen LogP contribution in [0.1, 0.15) is 6.92 Å². The number of hydrogen-bond acceptors (Lipinski definition) is 4. The van der Waals surface area contributed by atoms with E-state index in [1.807, 2.05) is 54.3 Å². The maximum absolute atomic E-state index is 12.6. The summed E-state index contributed by atoms with van der Waals surface area (Å²) in [6, 6.07) is 17.5. The van der Waals surface area contributed by atoms with Crippen molar-refractivity contribution in [3.8, 4) is 11.5 Å². The molecule has 0 aliphatic carbocycles. The average molecular weight is 340 g/mol. The standard InChI is InChI=1S/C20H24N2O3/c1-16(25-19-6-4-3-5-7-19)20(23)22-14-12-21(13-15-22)17-8-10-18(24-2)11-9-17/h3-11,16H,12-15H2,1-2H3/t16-/m1/s1. The van der Waals surface area contributed by atoms with Crippen molar-refractivity contribution in [3.05, 3.63) is 54.6 Å². The third kappa shape index (κ3) is 4.24. The van der Waals surface area contributed by atoms with E-state index in [4.69, 9.17) is 9.47 Å². The van der Waals surface area contributed by atoms with Gasteiger partial charge in [0.15, 0.2) is 6.10 Å². The number of piperazine rings is 1. The summed E-state index contributed by atoms with van der Waals surface area (Å²) in [5, 5.41) is 0. The summed E-state index contributed by atoms with van der Waals surface area (Å²) < 4.78 is 10.9. The molecular weight excluding hydrogens is 316 g/mol. The Morgan fingerprint density at radius 3 is 2.16 bits per heavy atom. The highest BCUT2D eigenvalue weighted by Gasteiger charge is 2.26. The molecule has 2 aromatic rings. The molecule has 0 unspecified atom stereocenters. The molecule has 25 heavy (non-hydrogen) atoms. The van der Waals surface area contributed by atoms with Crippen molar-refractivity contribution >= 4 is 11.6 Å². The smallest absolute Gasteiger partial charge is 0.263 e. The normalized spacial score (nSPS) is 15.6. The Morgan fingerprint density at radius 2 is 1.56 bits per heavy atom. The first-order valence-corrected chi connectivity index (χ1v) is 8.57. The topological polar surface area (TPSA) is 42.0 Å². The Hall–Kier alpha value is -2.69. The van der Waals surface area contributed by atoms with Crippen molar-refractivity contribution in [2.24, 2.45) is 0 Å². The van der Waals surface area contributed by atoms with E-state index in [0.717, 1.165) is 30.3 Å². The van der Waals surface area contributed by atoms with Gasteiger partial charge in [-0.3, -0.25) is 4.79 Å². The van der Waals surface area contributed by atoms with E-state index in [2.05, 4.69) is 17.0 Å². The SMILES string of the molecule is COc1ccc(N2CCN(C(=O)[C@@H](C)Oc3ccccc3)CC2)cc1. The molecule has 5 nitrogen and oxygen atoms in total. The molecule has 0 aromatic heterocycles. The zero-order valence-electron chi connectivity index (χ0n) is 14.7. The largest absolute Gasteiger partial charge is 0.497 e. The molecule has 3 rings (SSSR count). The predicted octanol–water partition coefficient (Wildman–Crippen LogP) is 2.81. The van der Waals surface area contributed by atoms with Gasteiger partial charge in [0.1, 0.15) is 11.5 Å². The Kier molecular flexibility index (Phi) is 5.43. The minimum atomic E-state index is -0.477. The molecule has 0 saturated carbocycles. The first-order chi connectivity index (χ1) is 12.2. The molecule has 0 N–H and O–H groups in total. The molecule has 0 bridgehead atoms. The second-order valence-electron chi connectivity index (χ2n) is 6.08. The fourth-order valence-electron chi connectivity index (χ4n) is 2.99. The Morgan fingerprint density at radius 1 is 0.920 bits per heavy atom. The minimum absolute atomic E-state index is 0.0400. The first-order valence-electron chi connectivity index (χ1n) is 8.57. The highest BCUT2D eigenvalue weighted by Crippen LogP contribution is 2.21. The molecule has 5 heteroatoms. The van der Waals surface area contributed by atoms with Crippen LogP contribution in [0.15, 0.2) is 54.6 Å². The second kappa shape index (κ2) is 7.92. The van der Waals surface area contributed by atoms with Crippen LogP contribution in [0.5, 0.6) is 11.5 Å². The Labute approximate surface area is 148 Å². The first kappa shape index (κ1) is 17.1. The Balaban J connectivity index is 1.53. The van der Waals surface area contributed by atoms with E-state index in [1.165, 1.54) is 0 Å². The highest BCUT2D eigenvalue weighted by molar-refractivity contribution is 5.81. The number of rotatable bonds is 5. The van der Waals surface area contributed by atoms with E-state index in [0.29, 0.717) is 13.1 Å². The number of nitrogens with zero attached hydrogens (tertiary/aromatic N) is 2. The fraction of sp³-hybridized carbons (Fsp3) is 0.350. The van der Waals surface area contributed by atoms with Gasteiger partial charge in [0.2, 0.25) is 0 Å². The lowest BCUT2D eigenvalue weighted by molar-refractivity contribution is -0.138. The summed E-state index contributed by atoms with van der Waals surface area (Å²) in [5.74, 6) is 1.61. The van der Waals surface area contributed by atoms with Crippen LogP contribution >= 0.6 is 0 Å². The van der Waals surface area contributed by atoms with Crippen molar-refractivity contribution < 1.29 is 14.3 Å². The molecule has 0 spiro atoms. The third-order valence-electron chi connectivity index (χ3n) is 4.43. The lowest BCUT2D eigenvalue weighted by Crippen LogP contribution is -2.52. The molecule has 1 heterocycles. The van der Waals surface area contributed by atoms with E-state index in [9.17, 15) is 4.79 Å². The predicted molar refractivity (Wildman–Crippen MR) is 98.3 cm³/mol. The van der Waals surface area contributed by atoms with Gasteiger partial charge in [0.25, 0.3) is 5.91 Å². The lowest BCUT2D eigenvalue weighted by atomic mass is 10.2. The summed E-state index contributed by atoms with van der Waals surface area (Å²) in [6.45, 7) is 4.85. The molecule has 0 radical (unpaired) electrons. The molecule has 1 amide bonds. The molecule has 1 aliphatic heterocycles. The van der Waals surface area contributed by atoms with Gasteiger partial charge in [-0.1, -0.05) is 18.2 Å². The number of hydrogen-bond donors (Lipinski definition) is 0. The van der Waals surface area contributed by atoms with Crippen molar-refractivity contribution in [2.75, 3.05) is 38.2 Å². The highest BCUT2D eigenvalue weighted by atomic mass is 16.5. The molecular formula is C20H24N2O3. The van der Waals surface area contributed by atoms with Gasteiger partial charge in [-0.25, -0.2) is 0 Å². The summed E-state index contributed by atoms with van der Waals surface area (Å²) in [4.78, 5) is 16.8. The zero-order chi connectivity index (χ0) is 17.6. The Bertz CT molecular complexity index is 680. The van der Waals surface area contributed by atoms with Gasteiger partial charge in [-0.15, -0.1) is 0 Å². The molecule has 132 valence electrons. The molecule has 1 fully saturated rings. The number of carbonyl (C=O) groups is 1. The van der Waals surface area contributed by atoms with Crippen LogP contribution in [-0.2, 0) is 4.79 Å². The molecule has 1 atom stereocenters. The van der Waals surface area contributed by atoms with Crippen LogP contribution in [-0.4, -0.2) is 50.2 Å². The monoisotopic (exact) mass is 340 g/mol. The van der Waals surface area contributed by atoms with Crippen molar-refractivity contribution in [1.82, 2.24) is 4.90 Å². The number of methoxy groups -OCH3 is 1. The number of benzene rings is 2. The van der Waals surface area contributed by atoms with Gasteiger partial charge in [-0.2, -0.15) is 0 Å². The van der Waals surface area contributed by atoms with Gasteiger partial charge in [0, 0.05) is 31.9 Å². The fourth-order valence-corrected chi connectivity index (χ4v) is 2.99. The van der Waals surface area contributed by atoms with Gasteiger partial charge in [0.05, 0.1) is 7.11 Å². The molecule has 2 aromatic carbocycles. The second-order valence-corrected chi connectivity index (χ2v) is 6.08. The van der Waals surface area contributed by atoms with Crippen LogP contribution in [0, 0.1) is 0 Å². The van der Waals surface area contributed by atoms with E-state index < -0.39 is 6.10 Å². The maximum atomic E-state index is 12.6. The summed E-state index contributed by atoms with van der Waals surface area (Å²) in [6.07, 6.45) is -0.477. The number of para-hydroxylation sites is 1. The zero-order valence-corrected chi connectivity index (χ0v) is 14.7. The van der Waals surface area contributed by atoms with Crippen molar-refractivity contribution in [3.63, 3.8) is 0 Å². The van der Waals surface area contributed by atoms with Crippen LogP contribution in [0.3, 0.4) is 0 Å². The van der Waals surface area contributed by atoms with Crippen LogP contribution in [0.2, 0.25) is 0 Å². The summed E-state index contributed by atoms with van der Waals surface area (Å²) >= 11 is 0. The number of amides is 1. The van der Waals surface area contributed by atoms with Gasteiger partial charge < -0.3 is 19.3 Å². The molecule has 1 aliphatic rings. The maximum Gasteiger partial charge on any atom is 0.263 e.